The van der Waals surface area contributed by atoms with Crippen molar-refractivity contribution in [1.29, 1.82) is 0 Å². The van der Waals surface area contributed by atoms with E-state index in [0.29, 0.717) is 11.4 Å². The summed E-state index contributed by atoms with van der Waals surface area (Å²) in [6, 6.07) is 5.14. The van der Waals surface area contributed by atoms with Crippen molar-refractivity contribution in [2.75, 3.05) is 13.1 Å². The number of hydrogen-bond donors (Lipinski definition) is 0. The molecule has 0 radical (unpaired) electrons. The van der Waals surface area contributed by atoms with Crippen LogP contribution in [-0.4, -0.2) is 30.1 Å². The van der Waals surface area contributed by atoms with E-state index in [0.717, 1.165) is 14.0 Å². The molecule has 0 N–H and O–H groups in total. The summed E-state index contributed by atoms with van der Waals surface area (Å²) >= 11 is 7.87. The lowest BCUT2D eigenvalue weighted by molar-refractivity contribution is -0.184. The predicted octanol–water partition coefficient (Wildman–Crippen LogP) is 4.06. The van der Waals surface area contributed by atoms with Crippen LogP contribution in [-0.2, 0) is 11.2 Å². The maximum absolute atomic E-state index is 12.4. The highest BCUT2D eigenvalue weighted by Crippen LogP contribution is 2.21. The monoisotopic (exact) mass is 417 g/mol. The molecule has 7 heteroatoms. The number of nitrogens with zero attached hydrogens (tertiary/aromatic N) is 1. The quantitative estimate of drug-likeness (QED) is 0.523. The van der Waals surface area contributed by atoms with Gasteiger partial charge in [0.25, 0.3) is 0 Å². The molecule has 0 unspecified atom stereocenters. The van der Waals surface area contributed by atoms with Gasteiger partial charge in [0.05, 0.1) is 0 Å². The average molecular weight is 418 g/mol. The Morgan fingerprint density at radius 3 is 2.60 bits per heavy atom. The summed E-state index contributed by atoms with van der Waals surface area (Å²) in [5.74, 6) is -1.85. The largest absolute Gasteiger partial charge is 0.471 e. The normalized spacial score (nSPS) is 11.2. The molecule has 20 heavy (non-hydrogen) atoms. The Bertz CT molecular complexity index is 505. The molecule has 0 heterocycles. The SMILES string of the molecule is C=CCN(CCc1ccc(Cl)cc1I)C(=O)C(F)(F)F. The summed E-state index contributed by atoms with van der Waals surface area (Å²) in [7, 11) is 0. The molecule has 1 aromatic rings. The molecule has 2 nitrogen and oxygen atoms in total. The van der Waals surface area contributed by atoms with Gasteiger partial charge < -0.3 is 4.90 Å². The van der Waals surface area contributed by atoms with Gasteiger partial charge >= 0.3 is 12.1 Å². The standard InChI is InChI=1S/C13H12ClF3INO/c1-2-6-19(12(20)13(15,16)17)7-5-9-3-4-10(14)8-11(9)18/h2-4,8H,1,5-7H2. The smallest absolute Gasteiger partial charge is 0.331 e. The maximum atomic E-state index is 12.4. The summed E-state index contributed by atoms with van der Waals surface area (Å²) < 4.78 is 38.2. The Balaban J connectivity index is 2.77. The van der Waals surface area contributed by atoms with Crippen LogP contribution in [0.4, 0.5) is 13.2 Å². The Kier molecular flexibility index (Phi) is 6.32. The predicted molar refractivity (Wildman–Crippen MR) is 80.7 cm³/mol. The fraction of sp³-hybridized carbons (Fsp3) is 0.308. The van der Waals surface area contributed by atoms with Gasteiger partial charge in [-0.25, -0.2) is 0 Å². The van der Waals surface area contributed by atoms with Crippen LogP contribution >= 0.6 is 34.2 Å². The van der Waals surface area contributed by atoms with Crippen molar-refractivity contribution < 1.29 is 18.0 Å². The lowest BCUT2D eigenvalue weighted by atomic mass is 10.1. The molecular formula is C13H12ClF3INO. The zero-order valence-corrected chi connectivity index (χ0v) is 13.3. The molecule has 0 aliphatic heterocycles. The second kappa shape index (κ2) is 7.31. The van der Waals surface area contributed by atoms with Gasteiger partial charge in [-0.2, -0.15) is 13.2 Å². The summed E-state index contributed by atoms with van der Waals surface area (Å²) in [4.78, 5) is 12.0. The van der Waals surface area contributed by atoms with E-state index in [-0.39, 0.29) is 13.1 Å². The molecule has 110 valence electrons. The van der Waals surface area contributed by atoms with Crippen molar-refractivity contribution >= 4 is 40.1 Å². The van der Waals surface area contributed by atoms with Crippen LogP contribution in [0.1, 0.15) is 5.56 Å². The number of halogens is 5. The highest BCUT2D eigenvalue weighted by Gasteiger charge is 2.41. The summed E-state index contributed by atoms with van der Waals surface area (Å²) in [6.45, 7) is 3.21. The van der Waals surface area contributed by atoms with Crippen molar-refractivity contribution in [3.8, 4) is 0 Å². The fourth-order valence-corrected chi connectivity index (χ4v) is 2.73. The van der Waals surface area contributed by atoms with E-state index < -0.39 is 12.1 Å². The first kappa shape index (κ1) is 17.3. The summed E-state index contributed by atoms with van der Waals surface area (Å²) in [5, 5.41) is 0.562. The number of amides is 1. The second-order valence-electron chi connectivity index (χ2n) is 4.02. The summed E-state index contributed by atoms with van der Waals surface area (Å²) in [6.07, 6.45) is -3.27. The number of carbonyl (C=O) groups excluding carboxylic acids is 1. The molecule has 0 spiro atoms. The molecule has 0 aromatic heterocycles. The molecule has 1 rings (SSSR count). The number of rotatable bonds is 5. The van der Waals surface area contributed by atoms with Gasteiger partial charge in [-0.3, -0.25) is 4.79 Å². The number of alkyl halides is 3. The van der Waals surface area contributed by atoms with Crippen molar-refractivity contribution in [2.45, 2.75) is 12.6 Å². The maximum Gasteiger partial charge on any atom is 0.471 e. The Labute approximate surface area is 133 Å². The van der Waals surface area contributed by atoms with Crippen molar-refractivity contribution in [3.63, 3.8) is 0 Å². The van der Waals surface area contributed by atoms with E-state index in [2.05, 4.69) is 29.2 Å². The second-order valence-corrected chi connectivity index (χ2v) is 5.62. The third-order valence-corrected chi connectivity index (χ3v) is 3.78. The third-order valence-electron chi connectivity index (χ3n) is 2.55. The third kappa shape index (κ3) is 4.97. The highest BCUT2D eigenvalue weighted by molar-refractivity contribution is 14.1. The van der Waals surface area contributed by atoms with Crippen LogP contribution in [0, 0.1) is 3.57 Å². The van der Waals surface area contributed by atoms with E-state index >= 15 is 0 Å². The lowest BCUT2D eigenvalue weighted by Crippen LogP contribution is -2.42. The van der Waals surface area contributed by atoms with Crippen LogP contribution in [0.3, 0.4) is 0 Å². The minimum atomic E-state index is -4.86. The molecule has 0 atom stereocenters. The Morgan fingerprint density at radius 1 is 1.45 bits per heavy atom. The number of hydrogen-bond acceptors (Lipinski definition) is 1. The van der Waals surface area contributed by atoms with E-state index in [1.54, 1.807) is 18.2 Å². The van der Waals surface area contributed by atoms with Gasteiger partial charge in [0.15, 0.2) is 0 Å². The number of benzene rings is 1. The zero-order chi connectivity index (χ0) is 15.3. The molecule has 0 fully saturated rings. The molecule has 0 bridgehead atoms. The van der Waals surface area contributed by atoms with E-state index in [1.807, 2.05) is 0 Å². The Morgan fingerprint density at radius 2 is 2.10 bits per heavy atom. The van der Waals surface area contributed by atoms with Crippen molar-refractivity contribution in [2.24, 2.45) is 0 Å². The van der Waals surface area contributed by atoms with E-state index in [1.165, 1.54) is 6.08 Å². The molecule has 1 aromatic carbocycles. The van der Waals surface area contributed by atoms with Crippen molar-refractivity contribution in [1.82, 2.24) is 4.90 Å². The number of carbonyl (C=O) groups is 1. The van der Waals surface area contributed by atoms with Gasteiger partial charge in [0.2, 0.25) is 0 Å². The van der Waals surface area contributed by atoms with Gasteiger partial charge in [0, 0.05) is 21.7 Å². The van der Waals surface area contributed by atoms with Crippen LogP contribution in [0.2, 0.25) is 5.02 Å². The molecule has 0 aliphatic carbocycles. The first-order chi connectivity index (χ1) is 9.25. The zero-order valence-electron chi connectivity index (χ0n) is 10.4. The molecular weight excluding hydrogens is 406 g/mol. The minimum Gasteiger partial charge on any atom is -0.331 e. The first-order valence-electron chi connectivity index (χ1n) is 5.66. The molecule has 1 amide bonds. The van der Waals surface area contributed by atoms with Crippen LogP contribution in [0.5, 0.6) is 0 Å². The van der Waals surface area contributed by atoms with Crippen LogP contribution in [0.25, 0.3) is 0 Å². The van der Waals surface area contributed by atoms with Gasteiger partial charge in [-0.05, 0) is 46.7 Å². The minimum absolute atomic E-state index is 0.0258. The van der Waals surface area contributed by atoms with E-state index in [4.69, 9.17) is 11.6 Å². The van der Waals surface area contributed by atoms with E-state index in [9.17, 15) is 18.0 Å². The highest BCUT2D eigenvalue weighted by atomic mass is 127. The van der Waals surface area contributed by atoms with Crippen LogP contribution in [0.15, 0.2) is 30.9 Å². The summed E-state index contributed by atoms with van der Waals surface area (Å²) in [5.41, 5.74) is 0.846. The lowest BCUT2D eigenvalue weighted by Gasteiger charge is -2.22. The fourth-order valence-electron chi connectivity index (χ4n) is 1.59. The average Bonchev–Trinajstić information content (AvgIpc) is 2.34. The topological polar surface area (TPSA) is 20.3 Å². The van der Waals surface area contributed by atoms with Crippen LogP contribution < -0.4 is 0 Å². The van der Waals surface area contributed by atoms with Gasteiger partial charge in [0.1, 0.15) is 0 Å². The molecule has 0 aliphatic rings. The molecule has 0 saturated carbocycles. The van der Waals surface area contributed by atoms with Gasteiger partial charge in [-0.1, -0.05) is 23.7 Å². The first-order valence-corrected chi connectivity index (χ1v) is 7.12. The Hall–Kier alpha value is -0.760. The van der Waals surface area contributed by atoms with Crippen molar-refractivity contribution in [3.05, 3.63) is 45.0 Å². The molecule has 0 saturated heterocycles. The van der Waals surface area contributed by atoms with Gasteiger partial charge in [-0.15, -0.1) is 6.58 Å².